The molecule has 1 aromatic heterocycles. The second kappa shape index (κ2) is 6.06. The Bertz CT molecular complexity index is 622. The molecular formula is C15H19BrFN3. The van der Waals surface area contributed by atoms with Crippen LogP contribution in [0, 0.1) is 12.7 Å². The first kappa shape index (κ1) is 15.2. The molecule has 5 heteroatoms. The predicted molar refractivity (Wildman–Crippen MR) is 82.1 cm³/mol. The number of hydrogen-bond donors (Lipinski definition) is 1. The summed E-state index contributed by atoms with van der Waals surface area (Å²) in [6, 6.07) is 4.92. The third-order valence-electron chi connectivity index (χ3n) is 3.54. The number of halogens is 2. The van der Waals surface area contributed by atoms with Crippen LogP contribution in [0.4, 0.5) is 4.39 Å². The standard InChI is InChI=1S/C15H19BrFN3/c1-4-13-15(16)14(20(3)19-13)8-12(18)10-6-5-9(2)11(17)7-10/h5-7,12H,4,8,18H2,1-3H3. The lowest BCUT2D eigenvalue weighted by Crippen LogP contribution is -2.16. The van der Waals surface area contributed by atoms with Gasteiger partial charge in [0.2, 0.25) is 0 Å². The maximum absolute atomic E-state index is 13.6. The molecule has 0 aliphatic heterocycles. The number of rotatable bonds is 4. The molecule has 1 unspecified atom stereocenters. The summed E-state index contributed by atoms with van der Waals surface area (Å²) < 4.78 is 16.5. The van der Waals surface area contributed by atoms with Gasteiger partial charge in [-0.1, -0.05) is 19.1 Å². The van der Waals surface area contributed by atoms with Crippen LogP contribution in [0.25, 0.3) is 0 Å². The van der Waals surface area contributed by atoms with Crippen molar-refractivity contribution >= 4 is 15.9 Å². The zero-order chi connectivity index (χ0) is 14.9. The summed E-state index contributed by atoms with van der Waals surface area (Å²) in [5.41, 5.74) is 9.70. The Morgan fingerprint density at radius 3 is 2.70 bits per heavy atom. The molecule has 20 heavy (non-hydrogen) atoms. The molecular weight excluding hydrogens is 321 g/mol. The van der Waals surface area contributed by atoms with Crippen LogP contribution >= 0.6 is 15.9 Å². The molecule has 3 nitrogen and oxygen atoms in total. The van der Waals surface area contributed by atoms with Crippen molar-refractivity contribution in [2.75, 3.05) is 0 Å². The molecule has 2 aromatic rings. The van der Waals surface area contributed by atoms with Crippen LogP contribution < -0.4 is 5.73 Å². The minimum atomic E-state index is -0.249. The average molecular weight is 340 g/mol. The topological polar surface area (TPSA) is 43.8 Å². The first-order valence-electron chi connectivity index (χ1n) is 6.65. The molecule has 1 atom stereocenters. The monoisotopic (exact) mass is 339 g/mol. The van der Waals surface area contributed by atoms with Crippen molar-refractivity contribution in [3.8, 4) is 0 Å². The van der Waals surface area contributed by atoms with Crippen LogP contribution in [0.5, 0.6) is 0 Å². The van der Waals surface area contributed by atoms with Crippen LogP contribution in [0.15, 0.2) is 22.7 Å². The Morgan fingerprint density at radius 2 is 2.15 bits per heavy atom. The number of hydrogen-bond acceptors (Lipinski definition) is 2. The lowest BCUT2D eigenvalue weighted by molar-refractivity contribution is 0.602. The molecule has 1 aromatic carbocycles. The van der Waals surface area contributed by atoms with Gasteiger partial charge in [-0.15, -0.1) is 0 Å². The van der Waals surface area contributed by atoms with Gasteiger partial charge in [-0.25, -0.2) is 4.39 Å². The van der Waals surface area contributed by atoms with Crippen LogP contribution in [0.3, 0.4) is 0 Å². The summed E-state index contributed by atoms with van der Waals surface area (Å²) in [4.78, 5) is 0. The minimum absolute atomic E-state index is 0.212. The maximum Gasteiger partial charge on any atom is 0.126 e. The van der Waals surface area contributed by atoms with Gasteiger partial charge in [-0.05, 0) is 46.5 Å². The molecule has 0 saturated carbocycles. The van der Waals surface area contributed by atoms with Crippen molar-refractivity contribution in [1.29, 1.82) is 0 Å². The van der Waals surface area contributed by atoms with E-state index < -0.39 is 0 Å². The Hall–Kier alpha value is -1.20. The van der Waals surface area contributed by atoms with Gasteiger partial charge < -0.3 is 5.73 Å². The maximum atomic E-state index is 13.6. The van der Waals surface area contributed by atoms with Gasteiger partial charge in [-0.2, -0.15) is 5.10 Å². The average Bonchev–Trinajstić information content (AvgIpc) is 2.69. The summed E-state index contributed by atoms with van der Waals surface area (Å²) >= 11 is 3.58. The Kier molecular flexibility index (Phi) is 4.60. The van der Waals surface area contributed by atoms with E-state index in [4.69, 9.17) is 5.73 Å². The fourth-order valence-electron chi connectivity index (χ4n) is 2.21. The fourth-order valence-corrected chi connectivity index (χ4v) is 2.99. The van der Waals surface area contributed by atoms with Gasteiger partial charge >= 0.3 is 0 Å². The summed E-state index contributed by atoms with van der Waals surface area (Å²) in [6.45, 7) is 3.81. The molecule has 2 N–H and O–H groups in total. The molecule has 0 amide bonds. The van der Waals surface area contributed by atoms with Crippen molar-refractivity contribution in [3.05, 3.63) is 51.0 Å². The molecule has 1 heterocycles. The molecule has 0 aliphatic carbocycles. The molecule has 2 rings (SSSR count). The van der Waals surface area contributed by atoms with Gasteiger partial charge in [0.25, 0.3) is 0 Å². The highest BCUT2D eigenvalue weighted by molar-refractivity contribution is 9.10. The smallest absolute Gasteiger partial charge is 0.126 e. The lowest BCUT2D eigenvalue weighted by atomic mass is 10.0. The number of aryl methyl sites for hydroxylation is 3. The number of nitrogens with two attached hydrogens (primary N) is 1. The van der Waals surface area contributed by atoms with E-state index in [0.717, 1.165) is 27.8 Å². The van der Waals surface area contributed by atoms with Crippen molar-refractivity contribution in [2.24, 2.45) is 12.8 Å². The minimum Gasteiger partial charge on any atom is -0.324 e. The number of nitrogens with zero attached hydrogens (tertiary/aromatic N) is 2. The van der Waals surface area contributed by atoms with E-state index >= 15 is 0 Å². The third kappa shape index (κ3) is 2.94. The van der Waals surface area contributed by atoms with E-state index in [9.17, 15) is 4.39 Å². The van der Waals surface area contributed by atoms with Gasteiger partial charge in [0.1, 0.15) is 5.82 Å². The van der Waals surface area contributed by atoms with Crippen LogP contribution in [-0.2, 0) is 19.9 Å². The molecule has 0 bridgehead atoms. The first-order chi connectivity index (χ1) is 9.43. The van der Waals surface area contributed by atoms with E-state index in [0.29, 0.717) is 12.0 Å². The second-order valence-corrected chi connectivity index (χ2v) is 5.80. The fraction of sp³-hybridized carbons (Fsp3) is 0.400. The summed E-state index contributed by atoms with van der Waals surface area (Å²) in [5, 5.41) is 4.45. The zero-order valence-corrected chi connectivity index (χ0v) is 13.5. The summed E-state index contributed by atoms with van der Waals surface area (Å²) in [5.74, 6) is -0.212. The second-order valence-electron chi connectivity index (χ2n) is 5.00. The number of benzene rings is 1. The quantitative estimate of drug-likeness (QED) is 0.927. The molecule has 0 radical (unpaired) electrons. The van der Waals surface area contributed by atoms with Crippen LogP contribution in [-0.4, -0.2) is 9.78 Å². The van der Waals surface area contributed by atoms with E-state index in [1.165, 1.54) is 6.07 Å². The van der Waals surface area contributed by atoms with Crippen molar-refractivity contribution < 1.29 is 4.39 Å². The van der Waals surface area contributed by atoms with E-state index in [1.54, 1.807) is 13.0 Å². The van der Waals surface area contributed by atoms with Crippen LogP contribution in [0.1, 0.15) is 35.5 Å². The number of aromatic nitrogens is 2. The molecule has 0 spiro atoms. The lowest BCUT2D eigenvalue weighted by Gasteiger charge is -2.13. The SMILES string of the molecule is CCc1nn(C)c(CC(N)c2ccc(C)c(F)c2)c1Br. The van der Waals surface area contributed by atoms with Crippen LogP contribution in [0.2, 0.25) is 0 Å². The first-order valence-corrected chi connectivity index (χ1v) is 7.45. The molecule has 0 aliphatic rings. The van der Waals surface area contributed by atoms with E-state index in [-0.39, 0.29) is 11.9 Å². The Labute approximate surface area is 127 Å². The van der Waals surface area contributed by atoms with Gasteiger partial charge in [0, 0.05) is 19.5 Å². The molecule has 108 valence electrons. The molecule has 0 saturated heterocycles. The van der Waals surface area contributed by atoms with Gasteiger partial charge in [0.15, 0.2) is 0 Å². The van der Waals surface area contributed by atoms with Gasteiger partial charge in [-0.3, -0.25) is 4.68 Å². The Morgan fingerprint density at radius 1 is 1.45 bits per heavy atom. The van der Waals surface area contributed by atoms with Crippen molar-refractivity contribution in [3.63, 3.8) is 0 Å². The van der Waals surface area contributed by atoms with Gasteiger partial charge in [0.05, 0.1) is 15.9 Å². The van der Waals surface area contributed by atoms with E-state index in [2.05, 4.69) is 28.0 Å². The Balaban J connectivity index is 2.25. The summed E-state index contributed by atoms with van der Waals surface area (Å²) in [6.07, 6.45) is 1.48. The highest BCUT2D eigenvalue weighted by atomic mass is 79.9. The van der Waals surface area contributed by atoms with Crippen molar-refractivity contribution in [1.82, 2.24) is 9.78 Å². The largest absolute Gasteiger partial charge is 0.324 e. The molecule has 0 fully saturated rings. The highest BCUT2D eigenvalue weighted by Gasteiger charge is 2.17. The normalized spacial score (nSPS) is 12.7. The zero-order valence-electron chi connectivity index (χ0n) is 12.0. The van der Waals surface area contributed by atoms with Crippen molar-refractivity contribution in [2.45, 2.75) is 32.7 Å². The third-order valence-corrected chi connectivity index (χ3v) is 4.46. The highest BCUT2D eigenvalue weighted by Crippen LogP contribution is 2.26. The predicted octanol–water partition coefficient (Wildman–Crippen LogP) is 3.44. The summed E-state index contributed by atoms with van der Waals surface area (Å²) in [7, 11) is 1.90. The van der Waals surface area contributed by atoms with E-state index in [1.807, 2.05) is 17.8 Å².